The number of hydrogen-bond acceptors (Lipinski definition) is 4. The van der Waals surface area contributed by atoms with Crippen molar-refractivity contribution >= 4 is 15.9 Å². The van der Waals surface area contributed by atoms with Crippen LogP contribution in [0.25, 0.3) is 0 Å². The number of piperazine rings is 1. The van der Waals surface area contributed by atoms with Crippen LogP contribution in [-0.2, 0) is 28.3 Å². The average Bonchev–Trinajstić information content (AvgIpc) is 3.16. The van der Waals surface area contributed by atoms with Crippen molar-refractivity contribution in [3.8, 4) is 0 Å². The topological polar surface area (TPSA) is 91.3 Å². The zero-order chi connectivity index (χ0) is 18.2. The second kappa shape index (κ2) is 6.64. The number of nitrogens with zero attached hydrogens (tertiary/aromatic N) is 4. The second-order valence-electron chi connectivity index (χ2n) is 6.30. The van der Waals surface area contributed by atoms with Crippen LogP contribution in [-0.4, -0.2) is 64.5 Å². The van der Waals surface area contributed by atoms with Gasteiger partial charge >= 0.3 is 0 Å². The Kier molecular flexibility index (Phi) is 4.70. The van der Waals surface area contributed by atoms with Crippen molar-refractivity contribution in [3.05, 3.63) is 35.4 Å². The van der Waals surface area contributed by atoms with Gasteiger partial charge in [-0.2, -0.15) is 9.40 Å². The lowest BCUT2D eigenvalue weighted by Gasteiger charge is -2.34. The number of rotatable bonds is 4. The average molecular weight is 365 g/mol. The van der Waals surface area contributed by atoms with E-state index >= 15 is 0 Å². The number of hydrogen-bond donors (Lipinski definition) is 1. The predicted molar refractivity (Wildman–Crippen MR) is 92.5 cm³/mol. The first-order valence-corrected chi connectivity index (χ1v) is 9.64. The quantitative estimate of drug-likeness (QED) is 0.851. The third-order valence-corrected chi connectivity index (χ3v) is 6.80. The summed E-state index contributed by atoms with van der Waals surface area (Å²) in [5, 5.41) is 4.20. The van der Waals surface area contributed by atoms with Crippen molar-refractivity contribution < 1.29 is 13.2 Å². The first-order valence-electron chi connectivity index (χ1n) is 8.20. The van der Waals surface area contributed by atoms with E-state index in [4.69, 9.17) is 0 Å². The number of H-pyrrole nitrogens is 1. The van der Waals surface area contributed by atoms with Gasteiger partial charge in [0.25, 0.3) is 0 Å². The molecule has 1 saturated heterocycles. The van der Waals surface area contributed by atoms with Gasteiger partial charge in [-0.1, -0.05) is 0 Å². The van der Waals surface area contributed by atoms with Crippen LogP contribution in [0.5, 0.6) is 0 Å². The number of nitrogens with one attached hydrogen (secondary N) is 1. The van der Waals surface area contributed by atoms with E-state index in [0.29, 0.717) is 44.0 Å². The molecule has 1 aliphatic rings. The lowest BCUT2D eigenvalue weighted by Crippen LogP contribution is -2.51. The van der Waals surface area contributed by atoms with Gasteiger partial charge in [0, 0.05) is 45.6 Å². The minimum absolute atomic E-state index is 0.0189. The van der Waals surface area contributed by atoms with Crippen LogP contribution in [0.15, 0.2) is 23.4 Å². The molecule has 8 nitrogen and oxygen atoms in total. The Bertz CT molecular complexity index is 862. The summed E-state index contributed by atoms with van der Waals surface area (Å²) in [6, 6.07) is 1.87. The van der Waals surface area contributed by atoms with E-state index in [0.717, 1.165) is 5.56 Å². The number of carbonyl (C=O) groups excluding carboxylic acids is 1. The molecule has 3 heterocycles. The van der Waals surface area contributed by atoms with Gasteiger partial charge in [0.05, 0.1) is 17.8 Å². The van der Waals surface area contributed by atoms with Crippen LogP contribution in [0.2, 0.25) is 0 Å². The Hall–Kier alpha value is -2.13. The maximum absolute atomic E-state index is 12.9. The van der Waals surface area contributed by atoms with E-state index in [1.807, 2.05) is 6.07 Å². The molecule has 1 N–H and O–H groups in total. The molecule has 3 rings (SSSR count). The number of aromatic nitrogens is 3. The molecule has 0 bridgehead atoms. The largest absolute Gasteiger partial charge is 0.367 e. The highest BCUT2D eigenvalue weighted by atomic mass is 32.2. The molecule has 1 amide bonds. The maximum Gasteiger partial charge on any atom is 0.246 e. The first-order chi connectivity index (χ1) is 11.8. The summed E-state index contributed by atoms with van der Waals surface area (Å²) in [5.74, 6) is 0.0189. The molecule has 0 spiro atoms. The summed E-state index contributed by atoms with van der Waals surface area (Å²) < 4.78 is 28.9. The highest BCUT2D eigenvalue weighted by Gasteiger charge is 2.33. The summed E-state index contributed by atoms with van der Waals surface area (Å²) >= 11 is 0. The minimum atomic E-state index is -3.59. The van der Waals surface area contributed by atoms with Crippen molar-refractivity contribution in [2.45, 2.75) is 25.2 Å². The molecule has 0 unspecified atom stereocenters. The number of amides is 1. The summed E-state index contributed by atoms with van der Waals surface area (Å²) in [6.45, 7) is 4.87. The van der Waals surface area contributed by atoms with E-state index in [1.54, 1.807) is 42.9 Å². The van der Waals surface area contributed by atoms with Gasteiger partial charge in [-0.25, -0.2) is 8.42 Å². The molecule has 136 valence electrons. The third kappa shape index (κ3) is 3.34. The molecule has 0 aliphatic carbocycles. The molecule has 0 atom stereocenters. The summed E-state index contributed by atoms with van der Waals surface area (Å²) in [7, 11) is -1.86. The zero-order valence-electron chi connectivity index (χ0n) is 14.7. The second-order valence-corrected chi connectivity index (χ2v) is 8.18. The van der Waals surface area contributed by atoms with Crippen LogP contribution < -0.4 is 0 Å². The van der Waals surface area contributed by atoms with Gasteiger partial charge in [0.15, 0.2) is 0 Å². The monoisotopic (exact) mass is 365 g/mol. The van der Waals surface area contributed by atoms with Crippen LogP contribution in [0.4, 0.5) is 0 Å². The number of sulfonamides is 1. The first kappa shape index (κ1) is 17.7. The van der Waals surface area contributed by atoms with Crippen LogP contribution in [0, 0.1) is 13.8 Å². The molecule has 1 aliphatic heterocycles. The lowest BCUT2D eigenvalue weighted by molar-refractivity contribution is -0.131. The molecule has 1 fully saturated rings. The van der Waals surface area contributed by atoms with Crippen molar-refractivity contribution in [3.63, 3.8) is 0 Å². The molecule has 2 aromatic heterocycles. The van der Waals surface area contributed by atoms with Crippen LogP contribution >= 0.6 is 0 Å². The van der Waals surface area contributed by atoms with E-state index in [2.05, 4.69) is 10.1 Å². The summed E-state index contributed by atoms with van der Waals surface area (Å²) in [6.07, 6.45) is 3.91. The fourth-order valence-corrected chi connectivity index (χ4v) is 5.01. The third-order valence-electron chi connectivity index (χ3n) is 4.65. The highest BCUT2D eigenvalue weighted by molar-refractivity contribution is 7.89. The zero-order valence-corrected chi connectivity index (χ0v) is 15.5. The van der Waals surface area contributed by atoms with Gasteiger partial charge in [-0.3, -0.25) is 9.48 Å². The molecule has 0 aromatic carbocycles. The van der Waals surface area contributed by atoms with E-state index in [9.17, 15) is 13.2 Å². The van der Waals surface area contributed by atoms with Crippen molar-refractivity contribution in [1.82, 2.24) is 24.0 Å². The predicted octanol–water partition coefficient (Wildman–Crippen LogP) is 0.441. The van der Waals surface area contributed by atoms with E-state index in [-0.39, 0.29) is 10.8 Å². The standard InChI is InChI=1S/C16H23N5O3S/c1-12-16(13(2)19(3)18-12)25(23,24)21-8-6-20(7-9-21)15(22)10-14-4-5-17-11-14/h4-5,11,17H,6-10H2,1-3H3. The molecule has 0 saturated carbocycles. The molecular weight excluding hydrogens is 342 g/mol. The molecule has 0 radical (unpaired) electrons. The highest BCUT2D eigenvalue weighted by Crippen LogP contribution is 2.24. The Labute approximate surface area is 147 Å². The molecule has 25 heavy (non-hydrogen) atoms. The van der Waals surface area contributed by atoms with Gasteiger partial charge in [0.2, 0.25) is 15.9 Å². The van der Waals surface area contributed by atoms with Crippen LogP contribution in [0.3, 0.4) is 0 Å². The fourth-order valence-electron chi connectivity index (χ4n) is 3.19. The molecule has 2 aromatic rings. The van der Waals surface area contributed by atoms with E-state index in [1.165, 1.54) is 4.31 Å². The Morgan fingerprint density at radius 2 is 1.92 bits per heavy atom. The normalized spacial score (nSPS) is 16.4. The molecule has 9 heteroatoms. The van der Waals surface area contributed by atoms with Gasteiger partial charge < -0.3 is 9.88 Å². The Morgan fingerprint density at radius 3 is 2.44 bits per heavy atom. The minimum Gasteiger partial charge on any atom is -0.367 e. The smallest absolute Gasteiger partial charge is 0.246 e. The Morgan fingerprint density at radius 1 is 1.24 bits per heavy atom. The number of carbonyl (C=O) groups is 1. The Balaban J connectivity index is 1.68. The van der Waals surface area contributed by atoms with Gasteiger partial charge in [-0.05, 0) is 25.5 Å². The van der Waals surface area contributed by atoms with Crippen molar-refractivity contribution in [2.24, 2.45) is 7.05 Å². The molecular formula is C16H23N5O3S. The summed E-state index contributed by atoms with van der Waals surface area (Å²) in [4.78, 5) is 17.3. The van der Waals surface area contributed by atoms with Crippen molar-refractivity contribution in [1.29, 1.82) is 0 Å². The fraction of sp³-hybridized carbons (Fsp3) is 0.500. The van der Waals surface area contributed by atoms with E-state index < -0.39 is 10.0 Å². The number of aryl methyl sites for hydroxylation is 2. The van der Waals surface area contributed by atoms with Crippen molar-refractivity contribution in [2.75, 3.05) is 26.2 Å². The SMILES string of the molecule is Cc1nn(C)c(C)c1S(=O)(=O)N1CCN(C(=O)Cc2cc[nH]c2)CC1. The van der Waals surface area contributed by atoms with Gasteiger partial charge in [0.1, 0.15) is 4.90 Å². The van der Waals surface area contributed by atoms with Crippen LogP contribution in [0.1, 0.15) is 17.0 Å². The number of aromatic amines is 1. The lowest BCUT2D eigenvalue weighted by atomic mass is 10.2. The van der Waals surface area contributed by atoms with Gasteiger partial charge in [-0.15, -0.1) is 0 Å². The maximum atomic E-state index is 12.9. The summed E-state index contributed by atoms with van der Waals surface area (Å²) in [5.41, 5.74) is 2.07.